The molecule has 1 aliphatic heterocycles. The summed E-state index contributed by atoms with van der Waals surface area (Å²) < 4.78 is 11.4. The Morgan fingerprint density at radius 2 is 1.81 bits per heavy atom. The smallest absolute Gasteiger partial charge is 0.191 e. The molecule has 1 atom stereocenters. The predicted octanol–water partition coefficient (Wildman–Crippen LogP) is 3.18. The van der Waals surface area contributed by atoms with E-state index in [1.807, 2.05) is 20.0 Å². The van der Waals surface area contributed by atoms with Crippen molar-refractivity contribution in [2.75, 3.05) is 46.4 Å². The van der Waals surface area contributed by atoms with Crippen LogP contribution in [0.4, 0.5) is 0 Å². The van der Waals surface area contributed by atoms with Crippen molar-refractivity contribution in [3.8, 4) is 0 Å². The average Bonchev–Trinajstić information content (AvgIpc) is 3.08. The maximum absolute atomic E-state index is 5.92. The zero-order valence-electron chi connectivity index (χ0n) is 16.6. The Morgan fingerprint density at radius 3 is 2.35 bits per heavy atom. The van der Waals surface area contributed by atoms with Crippen LogP contribution in [0.25, 0.3) is 0 Å². The molecule has 7 heteroatoms. The van der Waals surface area contributed by atoms with Gasteiger partial charge in [-0.1, -0.05) is 26.7 Å². The fourth-order valence-electron chi connectivity index (χ4n) is 3.16. The standard InChI is InChI=1S/C19H34N4O2.HI/c1-5-16(6-2)13-21-19(20-4)22-14-17(18-8-7-15(3)25-18)23-9-11-24-12-10-23;/h7-8,16-17H,5-6,9-14H2,1-4H3,(H2,20,21,22);1H. The van der Waals surface area contributed by atoms with Gasteiger partial charge in [0.05, 0.1) is 19.3 Å². The molecule has 2 rings (SSSR count). The summed E-state index contributed by atoms with van der Waals surface area (Å²) in [5.74, 6) is 3.49. The number of nitrogens with one attached hydrogen (secondary N) is 2. The first-order chi connectivity index (χ1) is 12.2. The van der Waals surface area contributed by atoms with E-state index in [0.29, 0.717) is 5.92 Å². The van der Waals surface area contributed by atoms with Gasteiger partial charge in [0.2, 0.25) is 0 Å². The molecular weight excluding hydrogens is 443 g/mol. The van der Waals surface area contributed by atoms with Gasteiger partial charge in [-0.05, 0) is 25.0 Å². The topological polar surface area (TPSA) is 62.0 Å². The van der Waals surface area contributed by atoms with Crippen LogP contribution in [-0.2, 0) is 4.74 Å². The van der Waals surface area contributed by atoms with E-state index in [2.05, 4.69) is 40.4 Å². The van der Waals surface area contributed by atoms with Crippen molar-refractivity contribution in [2.45, 2.75) is 39.7 Å². The average molecular weight is 478 g/mol. The van der Waals surface area contributed by atoms with Gasteiger partial charge in [0.15, 0.2) is 5.96 Å². The second-order valence-electron chi connectivity index (χ2n) is 6.63. The lowest BCUT2D eigenvalue weighted by molar-refractivity contribution is 0.0124. The van der Waals surface area contributed by atoms with Gasteiger partial charge >= 0.3 is 0 Å². The van der Waals surface area contributed by atoms with E-state index >= 15 is 0 Å². The Balaban J connectivity index is 0.00000338. The number of nitrogens with zero attached hydrogens (tertiary/aromatic N) is 2. The summed E-state index contributed by atoms with van der Waals surface area (Å²) >= 11 is 0. The SMILES string of the molecule is CCC(CC)CNC(=NC)NCC(c1ccc(C)o1)N1CCOCC1.I. The van der Waals surface area contributed by atoms with Gasteiger partial charge in [0.1, 0.15) is 11.5 Å². The van der Waals surface area contributed by atoms with Gasteiger partial charge in [0.25, 0.3) is 0 Å². The molecule has 0 aliphatic carbocycles. The molecule has 150 valence electrons. The molecule has 1 saturated heterocycles. The zero-order valence-corrected chi connectivity index (χ0v) is 18.9. The molecule has 26 heavy (non-hydrogen) atoms. The number of hydrogen-bond acceptors (Lipinski definition) is 4. The van der Waals surface area contributed by atoms with Crippen molar-refractivity contribution in [3.63, 3.8) is 0 Å². The second kappa shape index (κ2) is 12.6. The predicted molar refractivity (Wildman–Crippen MR) is 117 cm³/mol. The number of guanidine groups is 1. The van der Waals surface area contributed by atoms with Crippen LogP contribution < -0.4 is 10.6 Å². The lowest BCUT2D eigenvalue weighted by Gasteiger charge is -2.33. The number of furan rings is 1. The molecule has 1 unspecified atom stereocenters. The third kappa shape index (κ3) is 7.08. The van der Waals surface area contributed by atoms with Gasteiger partial charge in [-0.15, -0.1) is 24.0 Å². The summed E-state index contributed by atoms with van der Waals surface area (Å²) in [5.41, 5.74) is 0. The van der Waals surface area contributed by atoms with E-state index in [-0.39, 0.29) is 30.0 Å². The summed E-state index contributed by atoms with van der Waals surface area (Å²) in [6.07, 6.45) is 2.37. The minimum absolute atomic E-state index is 0. The number of morpholine rings is 1. The van der Waals surface area contributed by atoms with Gasteiger partial charge in [0, 0.05) is 33.2 Å². The van der Waals surface area contributed by atoms with E-state index in [0.717, 1.165) is 56.9 Å². The minimum Gasteiger partial charge on any atom is -0.465 e. The van der Waals surface area contributed by atoms with E-state index in [4.69, 9.17) is 9.15 Å². The van der Waals surface area contributed by atoms with Crippen molar-refractivity contribution in [3.05, 3.63) is 23.7 Å². The third-order valence-corrected chi connectivity index (χ3v) is 4.98. The highest BCUT2D eigenvalue weighted by molar-refractivity contribution is 14.0. The Bertz CT molecular complexity index is 525. The Morgan fingerprint density at radius 1 is 1.15 bits per heavy atom. The van der Waals surface area contributed by atoms with Crippen molar-refractivity contribution in [1.82, 2.24) is 15.5 Å². The van der Waals surface area contributed by atoms with E-state index in [1.54, 1.807) is 0 Å². The second-order valence-corrected chi connectivity index (χ2v) is 6.63. The first-order valence-electron chi connectivity index (χ1n) is 9.50. The number of aliphatic imine (C=N–C) groups is 1. The molecule has 0 aromatic carbocycles. The molecule has 0 amide bonds. The first kappa shape index (κ1) is 23.2. The summed E-state index contributed by atoms with van der Waals surface area (Å²) in [6.45, 7) is 11.6. The molecule has 1 aromatic rings. The fourth-order valence-corrected chi connectivity index (χ4v) is 3.16. The summed E-state index contributed by atoms with van der Waals surface area (Å²) in [6, 6.07) is 4.30. The normalized spacial score (nSPS) is 17.0. The zero-order chi connectivity index (χ0) is 18.1. The number of rotatable bonds is 8. The molecule has 0 spiro atoms. The van der Waals surface area contributed by atoms with Crippen molar-refractivity contribution in [1.29, 1.82) is 0 Å². The van der Waals surface area contributed by atoms with Crippen molar-refractivity contribution in [2.24, 2.45) is 10.9 Å². The maximum Gasteiger partial charge on any atom is 0.191 e. The Labute approximate surface area is 175 Å². The maximum atomic E-state index is 5.92. The van der Waals surface area contributed by atoms with Crippen LogP contribution in [0, 0.1) is 12.8 Å². The number of aryl methyl sites for hydroxylation is 1. The largest absolute Gasteiger partial charge is 0.465 e. The van der Waals surface area contributed by atoms with Crippen LogP contribution in [-0.4, -0.2) is 57.3 Å². The molecule has 0 saturated carbocycles. The molecule has 0 bridgehead atoms. The van der Waals surface area contributed by atoms with Crippen molar-refractivity contribution >= 4 is 29.9 Å². The van der Waals surface area contributed by atoms with Crippen LogP contribution >= 0.6 is 24.0 Å². The highest BCUT2D eigenvalue weighted by Gasteiger charge is 2.25. The molecule has 1 aliphatic rings. The van der Waals surface area contributed by atoms with Gasteiger partial charge in [-0.3, -0.25) is 9.89 Å². The molecule has 6 nitrogen and oxygen atoms in total. The molecular formula is C19H35IN4O2. The van der Waals surface area contributed by atoms with Gasteiger partial charge in [-0.2, -0.15) is 0 Å². The third-order valence-electron chi connectivity index (χ3n) is 4.98. The Hall–Kier alpha value is -0.800. The highest BCUT2D eigenvalue weighted by atomic mass is 127. The lowest BCUT2D eigenvalue weighted by Crippen LogP contribution is -2.46. The van der Waals surface area contributed by atoms with Crippen molar-refractivity contribution < 1.29 is 9.15 Å². The lowest BCUT2D eigenvalue weighted by atomic mass is 10.0. The van der Waals surface area contributed by atoms with E-state index in [1.165, 1.54) is 12.8 Å². The van der Waals surface area contributed by atoms with Crippen LogP contribution in [0.15, 0.2) is 21.5 Å². The van der Waals surface area contributed by atoms with Crippen LogP contribution in [0.5, 0.6) is 0 Å². The first-order valence-corrected chi connectivity index (χ1v) is 9.50. The van der Waals surface area contributed by atoms with Crippen LogP contribution in [0.3, 0.4) is 0 Å². The Kier molecular flexibility index (Phi) is 11.2. The molecule has 2 N–H and O–H groups in total. The molecule has 2 heterocycles. The molecule has 1 fully saturated rings. The summed E-state index contributed by atoms with van der Waals surface area (Å²) in [5, 5.41) is 6.93. The van der Waals surface area contributed by atoms with E-state index in [9.17, 15) is 0 Å². The molecule has 1 aromatic heterocycles. The number of halogens is 1. The molecule has 0 radical (unpaired) electrons. The minimum atomic E-state index is 0. The van der Waals surface area contributed by atoms with Gasteiger partial charge in [-0.25, -0.2) is 0 Å². The number of ether oxygens (including phenoxy) is 1. The van der Waals surface area contributed by atoms with E-state index < -0.39 is 0 Å². The van der Waals surface area contributed by atoms with Crippen LogP contribution in [0.2, 0.25) is 0 Å². The summed E-state index contributed by atoms with van der Waals surface area (Å²) in [4.78, 5) is 6.78. The fraction of sp³-hybridized carbons (Fsp3) is 0.737. The monoisotopic (exact) mass is 478 g/mol. The quantitative estimate of drug-likeness (QED) is 0.342. The van der Waals surface area contributed by atoms with Gasteiger partial charge < -0.3 is 19.8 Å². The summed E-state index contributed by atoms with van der Waals surface area (Å²) in [7, 11) is 1.82. The highest BCUT2D eigenvalue weighted by Crippen LogP contribution is 2.23. The van der Waals surface area contributed by atoms with Crippen LogP contribution in [0.1, 0.15) is 44.3 Å². The number of hydrogen-bond donors (Lipinski definition) is 2.